The molecule has 0 saturated heterocycles. The van der Waals surface area contributed by atoms with Gasteiger partial charge in [0.1, 0.15) is 0 Å². The van der Waals surface area contributed by atoms with Gasteiger partial charge in [-0.1, -0.05) is 40.0 Å². The van der Waals surface area contributed by atoms with Gasteiger partial charge in [0, 0.05) is 5.92 Å². The predicted octanol–water partition coefficient (Wildman–Crippen LogP) is 3.36. The van der Waals surface area contributed by atoms with Crippen molar-refractivity contribution in [3.63, 3.8) is 0 Å². The van der Waals surface area contributed by atoms with Gasteiger partial charge in [-0.3, -0.25) is 0 Å². The van der Waals surface area contributed by atoms with E-state index in [-0.39, 0.29) is 0 Å². The molecule has 0 aliphatic rings. The zero-order valence-corrected chi connectivity index (χ0v) is 7.93. The Kier molecular flexibility index (Phi) is 5.93. The largest absolute Gasteiger partial charge is 0.198 e. The Morgan fingerprint density at radius 1 is 1.18 bits per heavy atom. The third kappa shape index (κ3) is 3.41. The fourth-order valence-corrected chi connectivity index (χ4v) is 1.57. The molecule has 0 N–H and O–H groups in total. The molecule has 0 saturated carbocycles. The van der Waals surface area contributed by atoms with Gasteiger partial charge in [0.25, 0.3) is 0 Å². The number of rotatable bonds is 5. The molecule has 64 valence electrons. The summed E-state index contributed by atoms with van der Waals surface area (Å²) in [5.41, 5.74) is 0. The molecule has 11 heavy (non-hydrogen) atoms. The zero-order chi connectivity index (χ0) is 8.69. The van der Waals surface area contributed by atoms with Crippen LogP contribution in [0.3, 0.4) is 0 Å². The predicted molar refractivity (Wildman–Crippen MR) is 48.1 cm³/mol. The molecule has 0 bridgehead atoms. The molecule has 0 fully saturated rings. The second kappa shape index (κ2) is 6.22. The fraction of sp³-hybridized carbons (Fsp3) is 0.900. The van der Waals surface area contributed by atoms with Crippen molar-refractivity contribution in [2.45, 2.75) is 46.5 Å². The van der Waals surface area contributed by atoms with Gasteiger partial charge >= 0.3 is 0 Å². The summed E-state index contributed by atoms with van der Waals surface area (Å²) < 4.78 is 0. The Labute approximate surface area is 70.4 Å². The lowest BCUT2D eigenvalue weighted by Gasteiger charge is -2.17. The molecular formula is C10H19N. The van der Waals surface area contributed by atoms with Crippen molar-refractivity contribution in [2.24, 2.45) is 11.8 Å². The molecule has 1 heteroatoms. The van der Waals surface area contributed by atoms with Crippen LogP contribution >= 0.6 is 0 Å². The molecule has 0 amide bonds. The maximum absolute atomic E-state index is 8.84. The van der Waals surface area contributed by atoms with Crippen molar-refractivity contribution < 1.29 is 0 Å². The van der Waals surface area contributed by atoms with Crippen molar-refractivity contribution in [1.29, 1.82) is 5.26 Å². The van der Waals surface area contributed by atoms with Crippen LogP contribution in [0.5, 0.6) is 0 Å². The van der Waals surface area contributed by atoms with Crippen LogP contribution in [0.15, 0.2) is 0 Å². The fourth-order valence-electron chi connectivity index (χ4n) is 1.57. The second-order valence-electron chi connectivity index (χ2n) is 3.10. The van der Waals surface area contributed by atoms with Gasteiger partial charge < -0.3 is 0 Å². The van der Waals surface area contributed by atoms with Crippen LogP contribution in [0.25, 0.3) is 0 Å². The summed E-state index contributed by atoms with van der Waals surface area (Å²) in [5.74, 6) is 0.926. The standard InChI is InChI=1S/C10H19N/c1-4-7-10(8-11)9(5-2)6-3/h9-10H,4-7H2,1-3H3/t10-/m1/s1. The van der Waals surface area contributed by atoms with Crippen LogP contribution in [0.4, 0.5) is 0 Å². The molecule has 0 radical (unpaired) electrons. The highest BCUT2D eigenvalue weighted by Crippen LogP contribution is 2.22. The maximum Gasteiger partial charge on any atom is 0.0658 e. The normalized spacial score (nSPS) is 13.0. The monoisotopic (exact) mass is 153 g/mol. The summed E-state index contributed by atoms with van der Waals surface area (Å²) in [6.07, 6.45) is 4.50. The topological polar surface area (TPSA) is 23.8 Å². The number of hydrogen-bond acceptors (Lipinski definition) is 1. The van der Waals surface area contributed by atoms with E-state index >= 15 is 0 Å². The Morgan fingerprint density at radius 3 is 2.00 bits per heavy atom. The Hall–Kier alpha value is -0.510. The Bertz CT molecular complexity index is 119. The van der Waals surface area contributed by atoms with Crippen molar-refractivity contribution in [3.8, 4) is 6.07 Å². The molecule has 0 unspecified atom stereocenters. The van der Waals surface area contributed by atoms with Gasteiger partial charge in [-0.15, -0.1) is 0 Å². The minimum Gasteiger partial charge on any atom is -0.198 e. The van der Waals surface area contributed by atoms with E-state index in [1.54, 1.807) is 0 Å². The van der Waals surface area contributed by atoms with E-state index in [9.17, 15) is 0 Å². The van der Waals surface area contributed by atoms with Crippen LogP contribution in [0, 0.1) is 23.2 Å². The van der Waals surface area contributed by atoms with Crippen LogP contribution in [0.2, 0.25) is 0 Å². The summed E-state index contributed by atoms with van der Waals surface area (Å²) in [6, 6.07) is 2.40. The first kappa shape index (κ1) is 10.5. The maximum atomic E-state index is 8.84. The van der Waals surface area contributed by atoms with Gasteiger partial charge in [0.15, 0.2) is 0 Å². The average Bonchev–Trinajstić information content (AvgIpc) is 2.05. The summed E-state index contributed by atoms with van der Waals surface area (Å²) in [4.78, 5) is 0. The van der Waals surface area contributed by atoms with Crippen LogP contribution in [0.1, 0.15) is 46.5 Å². The number of nitriles is 1. The average molecular weight is 153 g/mol. The third-order valence-corrected chi connectivity index (χ3v) is 2.38. The number of hydrogen-bond donors (Lipinski definition) is 0. The van der Waals surface area contributed by atoms with Gasteiger partial charge in [-0.25, -0.2) is 0 Å². The summed E-state index contributed by atoms with van der Waals surface area (Å²) in [5, 5.41) is 8.84. The molecule has 0 heterocycles. The highest BCUT2D eigenvalue weighted by Gasteiger charge is 2.16. The third-order valence-electron chi connectivity index (χ3n) is 2.38. The van der Waals surface area contributed by atoms with E-state index < -0.39 is 0 Å². The quantitative estimate of drug-likeness (QED) is 0.594. The number of nitrogens with zero attached hydrogens (tertiary/aromatic N) is 1. The first-order valence-corrected chi connectivity index (χ1v) is 4.69. The van der Waals surface area contributed by atoms with Crippen molar-refractivity contribution >= 4 is 0 Å². The van der Waals surface area contributed by atoms with E-state index in [2.05, 4.69) is 26.8 Å². The molecule has 0 aliphatic heterocycles. The molecule has 0 rings (SSSR count). The first-order chi connectivity index (χ1) is 5.29. The molecule has 0 aromatic rings. The lowest BCUT2D eigenvalue weighted by atomic mass is 9.86. The SMILES string of the molecule is CCC[C@H](C#N)C(CC)CC. The van der Waals surface area contributed by atoms with Crippen molar-refractivity contribution in [1.82, 2.24) is 0 Å². The lowest BCUT2D eigenvalue weighted by Crippen LogP contribution is -2.10. The Morgan fingerprint density at radius 2 is 1.73 bits per heavy atom. The minimum absolute atomic E-state index is 0.301. The van der Waals surface area contributed by atoms with E-state index in [0.717, 1.165) is 25.7 Å². The van der Waals surface area contributed by atoms with Gasteiger partial charge in [-0.2, -0.15) is 5.26 Å². The zero-order valence-electron chi connectivity index (χ0n) is 7.93. The minimum atomic E-state index is 0.301. The lowest BCUT2D eigenvalue weighted by molar-refractivity contribution is 0.358. The Balaban J connectivity index is 3.89. The molecule has 0 aliphatic carbocycles. The second-order valence-corrected chi connectivity index (χ2v) is 3.10. The van der Waals surface area contributed by atoms with Crippen molar-refractivity contribution in [2.75, 3.05) is 0 Å². The molecule has 0 aromatic heterocycles. The van der Waals surface area contributed by atoms with Crippen LogP contribution in [-0.2, 0) is 0 Å². The first-order valence-electron chi connectivity index (χ1n) is 4.69. The van der Waals surface area contributed by atoms with Gasteiger partial charge in [0.05, 0.1) is 6.07 Å². The molecule has 0 spiro atoms. The summed E-state index contributed by atoms with van der Waals surface area (Å²) in [6.45, 7) is 6.50. The van der Waals surface area contributed by atoms with Crippen LogP contribution in [-0.4, -0.2) is 0 Å². The smallest absolute Gasteiger partial charge is 0.0658 e. The highest BCUT2D eigenvalue weighted by atomic mass is 14.3. The van der Waals surface area contributed by atoms with E-state index in [1.807, 2.05) is 0 Å². The highest BCUT2D eigenvalue weighted by molar-refractivity contribution is 4.86. The molecule has 0 aromatic carbocycles. The molecule has 1 atom stereocenters. The van der Waals surface area contributed by atoms with Gasteiger partial charge in [0.2, 0.25) is 0 Å². The van der Waals surface area contributed by atoms with E-state index in [0.29, 0.717) is 11.8 Å². The molecular weight excluding hydrogens is 134 g/mol. The van der Waals surface area contributed by atoms with Crippen molar-refractivity contribution in [3.05, 3.63) is 0 Å². The van der Waals surface area contributed by atoms with E-state index in [4.69, 9.17) is 5.26 Å². The summed E-state index contributed by atoms with van der Waals surface area (Å²) >= 11 is 0. The van der Waals surface area contributed by atoms with Crippen LogP contribution < -0.4 is 0 Å². The molecule has 1 nitrogen and oxygen atoms in total. The van der Waals surface area contributed by atoms with Gasteiger partial charge in [-0.05, 0) is 12.3 Å². The van der Waals surface area contributed by atoms with E-state index in [1.165, 1.54) is 0 Å². The summed E-state index contributed by atoms with van der Waals surface area (Å²) in [7, 11) is 0.